The Balaban J connectivity index is 2.84. The number of nitrogens with one attached hydrogen (secondary N) is 1. The molecule has 0 aliphatic heterocycles. The molecule has 0 bridgehead atoms. The van der Waals surface area contributed by atoms with Crippen molar-refractivity contribution in [2.75, 3.05) is 5.32 Å². The highest BCUT2D eigenvalue weighted by Gasteiger charge is 2.17. The van der Waals surface area contributed by atoms with E-state index >= 15 is 0 Å². The molecule has 4 N–H and O–H groups in total. The van der Waals surface area contributed by atoms with Crippen LogP contribution >= 0.6 is 0 Å². The molecule has 0 radical (unpaired) electrons. The van der Waals surface area contributed by atoms with Gasteiger partial charge in [-0.2, -0.15) is 0 Å². The molecule has 1 atom stereocenters. The first kappa shape index (κ1) is 16.0. The van der Waals surface area contributed by atoms with E-state index in [0.29, 0.717) is 12.5 Å². The molecule has 0 aromatic heterocycles. The van der Waals surface area contributed by atoms with Crippen LogP contribution in [0.1, 0.15) is 36.5 Å². The third-order valence-corrected chi connectivity index (χ3v) is 2.67. The Bertz CT molecular complexity index is 521. The minimum Gasteiger partial charge on any atom is -0.478 e. The molecule has 5 nitrogen and oxygen atoms in total. The lowest BCUT2D eigenvalue weighted by atomic mass is 10.1. The second-order valence-electron chi connectivity index (χ2n) is 4.42. The summed E-state index contributed by atoms with van der Waals surface area (Å²) in [6, 6.07) is 0.809. The molecule has 0 aliphatic carbocycles. The highest BCUT2D eigenvalue weighted by Crippen LogP contribution is 2.20. The summed E-state index contributed by atoms with van der Waals surface area (Å²) >= 11 is 0. The smallest absolute Gasteiger partial charge is 0.338 e. The van der Waals surface area contributed by atoms with Crippen molar-refractivity contribution in [1.29, 1.82) is 0 Å². The molecular formula is C13H16F2N2O3. The molecule has 0 aliphatic rings. The SMILES string of the molecule is CCCC(N)CC(=O)Nc1cc(C(=O)O)c(F)cc1F. The monoisotopic (exact) mass is 286 g/mol. The van der Waals surface area contributed by atoms with Crippen molar-refractivity contribution >= 4 is 17.6 Å². The summed E-state index contributed by atoms with van der Waals surface area (Å²) in [6.07, 6.45) is 1.43. The van der Waals surface area contributed by atoms with E-state index in [-0.39, 0.29) is 18.2 Å². The van der Waals surface area contributed by atoms with Gasteiger partial charge in [0, 0.05) is 18.5 Å². The van der Waals surface area contributed by atoms with E-state index < -0.39 is 29.1 Å². The van der Waals surface area contributed by atoms with Crippen LogP contribution in [0.4, 0.5) is 14.5 Å². The maximum Gasteiger partial charge on any atom is 0.338 e. The molecule has 1 unspecified atom stereocenters. The number of carboxylic acid groups (broad SMARTS) is 1. The van der Waals surface area contributed by atoms with E-state index in [0.717, 1.165) is 12.5 Å². The van der Waals surface area contributed by atoms with E-state index in [4.69, 9.17) is 10.8 Å². The number of carboxylic acids is 1. The van der Waals surface area contributed by atoms with Crippen LogP contribution < -0.4 is 11.1 Å². The molecule has 1 amide bonds. The van der Waals surface area contributed by atoms with Crippen molar-refractivity contribution in [3.63, 3.8) is 0 Å². The average Bonchev–Trinajstić information content (AvgIpc) is 2.32. The van der Waals surface area contributed by atoms with Crippen molar-refractivity contribution in [3.8, 4) is 0 Å². The fraction of sp³-hybridized carbons (Fsp3) is 0.385. The molecular weight excluding hydrogens is 270 g/mol. The van der Waals surface area contributed by atoms with Gasteiger partial charge in [-0.3, -0.25) is 4.79 Å². The topological polar surface area (TPSA) is 92.4 Å². The fourth-order valence-corrected chi connectivity index (χ4v) is 1.72. The van der Waals surface area contributed by atoms with Crippen LogP contribution in [-0.2, 0) is 4.79 Å². The van der Waals surface area contributed by atoms with Crippen LogP contribution in [0, 0.1) is 11.6 Å². The Kier molecular flexibility index (Phi) is 5.57. The van der Waals surface area contributed by atoms with Crippen molar-refractivity contribution in [1.82, 2.24) is 0 Å². The number of carbonyl (C=O) groups excluding carboxylic acids is 1. The third-order valence-electron chi connectivity index (χ3n) is 2.67. The molecule has 0 fully saturated rings. The summed E-state index contributed by atoms with van der Waals surface area (Å²) in [5.74, 6) is -4.32. The normalized spacial score (nSPS) is 12.0. The van der Waals surface area contributed by atoms with Crippen LogP contribution in [0.25, 0.3) is 0 Å². The predicted octanol–water partition coefficient (Wildman–Crippen LogP) is 2.12. The van der Waals surface area contributed by atoms with E-state index in [1.807, 2.05) is 6.92 Å². The Morgan fingerprint density at radius 2 is 2.00 bits per heavy atom. The van der Waals surface area contributed by atoms with Gasteiger partial charge in [-0.25, -0.2) is 13.6 Å². The fourth-order valence-electron chi connectivity index (χ4n) is 1.72. The summed E-state index contributed by atoms with van der Waals surface area (Å²) in [4.78, 5) is 22.4. The number of anilines is 1. The van der Waals surface area contributed by atoms with E-state index in [9.17, 15) is 18.4 Å². The summed E-state index contributed by atoms with van der Waals surface area (Å²) in [6.45, 7) is 1.91. The zero-order valence-corrected chi connectivity index (χ0v) is 11.0. The molecule has 1 aromatic carbocycles. The number of rotatable bonds is 6. The molecule has 1 rings (SSSR count). The highest BCUT2D eigenvalue weighted by molar-refractivity contribution is 5.94. The Hall–Kier alpha value is -2.02. The first-order chi connectivity index (χ1) is 9.35. The van der Waals surface area contributed by atoms with Crippen LogP contribution in [0.2, 0.25) is 0 Å². The van der Waals surface area contributed by atoms with Crippen molar-refractivity contribution < 1.29 is 23.5 Å². The van der Waals surface area contributed by atoms with Crippen molar-refractivity contribution in [2.24, 2.45) is 5.73 Å². The molecule has 0 saturated carbocycles. The zero-order chi connectivity index (χ0) is 15.3. The summed E-state index contributed by atoms with van der Waals surface area (Å²) in [5.41, 5.74) is 4.58. The second-order valence-corrected chi connectivity index (χ2v) is 4.42. The lowest BCUT2D eigenvalue weighted by Gasteiger charge is -2.11. The van der Waals surface area contributed by atoms with Gasteiger partial charge in [0.2, 0.25) is 5.91 Å². The van der Waals surface area contributed by atoms with E-state index in [2.05, 4.69) is 5.32 Å². The predicted molar refractivity (Wildman–Crippen MR) is 69.4 cm³/mol. The van der Waals surface area contributed by atoms with Crippen molar-refractivity contribution in [2.45, 2.75) is 32.2 Å². The van der Waals surface area contributed by atoms with Gasteiger partial charge in [-0.05, 0) is 12.5 Å². The largest absolute Gasteiger partial charge is 0.478 e. The lowest BCUT2D eigenvalue weighted by molar-refractivity contribution is -0.116. The Morgan fingerprint density at radius 3 is 2.55 bits per heavy atom. The number of amides is 1. The first-order valence-electron chi connectivity index (χ1n) is 6.13. The van der Waals surface area contributed by atoms with Gasteiger partial charge >= 0.3 is 5.97 Å². The quantitative estimate of drug-likeness (QED) is 0.746. The standard InChI is InChI=1S/C13H16F2N2O3/c1-2-3-7(16)4-12(18)17-11-5-8(13(19)20)9(14)6-10(11)15/h5-7H,2-4,16H2,1H3,(H,17,18)(H,19,20). The first-order valence-corrected chi connectivity index (χ1v) is 6.13. The second kappa shape index (κ2) is 6.95. The number of halogens is 2. The number of hydrogen-bond donors (Lipinski definition) is 3. The van der Waals surface area contributed by atoms with Gasteiger partial charge in [0.1, 0.15) is 11.6 Å². The van der Waals surface area contributed by atoms with Crippen molar-refractivity contribution in [3.05, 3.63) is 29.3 Å². The molecule has 0 saturated heterocycles. The number of carbonyl (C=O) groups is 2. The van der Waals surface area contributed by atoms with Crippen LogP contribution in [0.3, 0.4) is 0 Å². The number of aromatic carboxylic acids is 1. The Labute approximate surface area is 114 Å². The maximum atomic E-state index is 13.5. The molecule has 1 aromatic rings. The molecule has 0 spiro atoms. The lowest BCUT2D eigenvalue weighted by Crippen LogP contribution is -2.27. The molecule has 110 valence electrons. The van der Waals surface area contributed by atoms with Gasteiger partial charge in [0.05, 0.1) is 11.3 Å². The zero-order valence-electron chi connectivity index (χ0n) is 11.0. The molecule has 20 heavy (non-hydrogen) atoms. The van der Waals surface area contributed by atoms with Gasteiger partial charge in [-0.15, -0.1) is 0 Å². The van der Waals surface area contributed by atoms with Gasteiger partial charge < -0.3 is 16.2 Å². The number of benzene rings is 1. The number of nitrogens with two attached hydrogens (primary N) is 1. The number of hydrogen-bond acceptors (Lipinski definition) is 3. The van der Waals surface area contributed by atoms with Crippen LogP contribution in [0.5, 0.6) is 0 Å². The average molecular weight is 286 g/mol. The van der Waals surface area contributed by atoms with E-state index in [1.54, 1.807) is 0 Å². The Morgan fingerprint density at radius 1 is 1.35 bits per heavy atom. The summed E-state index contributed by atoms with van der Waals surface area (Å²) in [7, 11) is 0. The van der Waals surface area contributed by atoms with Gasteiger partial charge in [0.25, 0.3) is 0 Å². The minimum absolute atomic E-state index is 0.0208. The maximum absolute atomic E-state index is 13.5. The summed E-state index contributed by atoms with van der Waals surface area (Å²) < 4.78 is 26.6. The van der Waals surface area contributed by atoms with E-state index in [1.165, 1.54) is 0 Å². The van der Waals surface area contributed by atoms with Crippen LogP contribution in [-0.4, -0.2) is 23.0 Å². The summed E-state index contributed by atoms with van der Waals surface area (Å²) in [5, 5.41) is 10.9. The third kappa shape index (κ3) is 4.27. The molecule has 0 heterocycles. The van der Waals surface area contributed by atoms with Gasteiger partial charge in [0.15, 0.2) is 0 Å². The minimum atomic E-state index is -1.54. The van der Waals surface area contributed by atoms with Crippen LogP contribution in [0.15, 0.2) is 12.1 Å². The molecule has 7 heteroatoms. The van der Waals surface area contributed by atoms with Gasteiger partial charge in [-0.1, -0.05) is 13.3 Å². The highest BCUT2D eigenvalue weighted by atomic mass is 19.1.